The molecule has 0 saturated heterocycles. The number of hydrogen-bond acceptors (Lipinski definition) is 3. The lowest BCUT2D eigenvalue weighted by Crippen LogP contribution is -2.18. The summed E-state index contributed by atoms with van der Waals surface area (Å²) >= 11 is 7.39. The quantitative estimate of drug-likeness (QED) is 0.793. The van der Waals surface area contributed by atoms with Gasteiger partial charge in [-0.1, -0.05) is 41.1 Å². The van der Waals surface area contributed by atoms with Gasteiger partial charge in [0, 0.05) is 21.8 Å². The predicted octanol–water partition coefficient (Wildman–Crippen LogP) is 4.65. The van der Waals surface area contributed by atoms with E-state index < -0.39 is 0 Å². The van der Waals surface area contributed by atoms with Crippen molar-refractivity contribution in [3.05, 3.63) is 64.2 Å². The van der Waals surface area contributed by atoms with Crippen molar-refractivity contribution in [2.75, 3.05) is 10.6 Å². The van der Waals surface area contributed by atoms with Crippen LogP contribution in [-0.4, -0.2) is 5.91 Å². The molecule has 0 aliphatic carbocycles. The van der Waals surface area contributed by atoms with Gasteiger partial charge in [-0.3, -0.25) is 4.79 Å². The van der Waals surface area contributed by atoms with Crippen LogP contribution < -0.4 is 10.6 Å². The van der Waals surface area contributed by atoms with Gasteiger partial charge in [-0.15, -0.1) is 0 Å². The second-order valence-electron chi connectivity index (χ2n) is 4.72. The molecule has 0 unspecified atom stereocenters. The van der Waals surface area contributed by atoms with Crippen molar-refractivity contribution in [1.29, 1.82) is 0 Å². The molecule has 106 valence electrons. The summed E-state index contributed by atoms with van der Waals surface area (Å²) in [5.74, 6) is -0.116. The molecule has 0 atom stereocenters. The van der Waals surface area contributed by atoms with Gasteiger partial charge in [0.1, 0.15) is 0 Å². The molecule has 2 N–H and O–H groups in total. The number of carbonyl (C=O) groups is 1. The van der Waals surface area contributed by atoms with Crippen LogP contribution in [0.5, 0.6) is 0 Å². The molecule has 0 radical (unpaired) electrons. The zero-order chi connectivity index (χ0) is 14.8. The Morgan fingerprint density at radius 2 is 1.95 bits per heavy atom. The topological polar surface area (TPSA) is 41.1 Å². The van der Waals surface area contributed by atoms with Crippen molar-refractivity contribution in [3.63, 3.8) is 0 Å². The van der Waals surface area contributed by atoms with E-state index in [-0.39, 0.29) is 5.91 Å². The van der Waals surface area contributed by atoms with Crippen molar-refractivity contribution in [2.24, 2.45) is 0 Å². The Bertz CT molecular complexity index is 726. The molecule has 2 aromatic carbocycles. The number of carbonyl (C=O) groups excluding carboxylic acids is 1. The Kier molecular flexibility index (Phi) is 3.90. The maximum Gasteiger partial charge on any atom is 0.263 e. The number of nitrogens with one attached hydrogen (secondary N) is 2. The summed E-state index contributed by atoms with van der Waals surface area (Å²) in [5.41, 5.74) is 2.93. The molecule has 3 nitrogen and oxygen atoms in total. The molecule has 1 aliphatic heterocycles. The van der Waals surface area contributed by atoms with E-state index in [0.717, 1.165) is 16.3 Å². The molecular formula is C16H13ClN2OS. The lowest BCUT2D eigenvalue weighted by Gasteiger charge is -2.18. The third-order valence-corrected chi connectivity index (χ3v) is 4.37. The maximum absolute atomic E-state index is 12.0. The molecule has 5 heteroatoms. The molecular weight excluding hydrogens is 304 g/mol. The van der Waals surface area contributed by atoms with Crippen molar-refractivity contribution in [3.8, 4) is 0 Å². The van der Waals surface area contributed by atoms with Gasteiger partial charge in [-0.2, -0.15) is 0 Å². The van der Waals surface area contributed by atoms with Gasteiger partial charge < -0.3 is 10.6 Å². The second kappa shape index (κ2) is 5.84. The fourth-order valence-corrected chi connectivity index (χ4v) is 3.08. The number of halogens is 1. The Balaban J connectivity index is 1.81. The van der Waals surface area contributed by atoms with Crippen LogP contribution >= 0.6 is 23.4 Å². The van der Waals surface area contributed by atoms with Crippen molar-refractivity contribution in [1.82, 2.24) is 0 Å². The predicted molar refractivity (Wildman–Crippen MR) is 88.8 cm³/mol. The van der Waals surface area contributed by atoms with Crippen molar-refractivity contribution >= 4 is 40.6 Å². The average Bonchev–Trinajstić information content (AvgIpc) is 2.47. The highest BCUT2D eigenvalue weighted by molar-refractivity contribution is 8.04. The summed E-state index contributed by atoms with van der Waals surface area (Å²) in [4.78, 5) is 13.6. The lowest BCUT2D eigenvalue weighted by atomic mass is 10.2. The largest absolute Gasteiger partial charge is 0.360 e. The van der Waals surface area contributed by atoms with E-state index in [2.05, 4.69) is 10.6 Å². The van der Waals surface area contributed by atoms with Gasteiger partial charge in [0.2, 0.25) is 0 Å². The third kappa shape index (κ3) is 3.23. The lowest BCUT2D eigenvalue weighted by molar-refractivity contribution is -0.112. The maximum atomic E-state index is 12.0. The minimum Gasteiger partial charge on any atom is -0.360 e. The van der Waals surface area contributed by atoms with E-state index in [0.29, 0.717) is 9.93 Å². The molecule has 0 spiro atoms. The number of hydrogen-bond donors (Lipinski definition) is 2. The molecule has 3 rings (SSSR count). The number of benzene rings is 2. The van der Waals surface area contributed by atoms with E-state index in [4.69, 9.17) is 11.6 Å². The zero-order valence-corrected chi connectivity index (χ0v) is 12.9. The van der Waals surface area contributed by atoms with Crippen LogP contribution in [0.25, 0.3) is 0 Å². The highest BCUT2D eigenvalue weighted by Gasteiger charge is 2.21. The SMILES string of the molecule is Cc1ccc(N/C=C2\Sc3cc(Cl)ccc3NC2=O)cc1. The molecule has 0 saturated carbocycles. The first-order chi connectivity index (χ1) is 10.1. The van der Waals surface area contributed by atoms with E-state index >= 15 is 0 Å². The molecule has 1 amide bonds. The van der Waals surface area contributed by atoms with Crippen LogP contribution in [0.1, 0.15) is 5.56 Å². The fourth-order valence-electron chi connectivity index (χ4n) is 1.93. The third-order valence-electron chi connectivity index (χ3n) is 3.06. The van der Waals surface area contributed by atoms with Crippen LogP contribution in [0.3, 0.4) is 0 Å². The van der Waals surface area contributed by atoms with E-state index in [1.807, 2.05) is 43.3 Å². The van der Waals surface area contributed by atoms with Crippen LogP contribution in [0.4, 0.5) is 11.4 Å². The van der Waals surface area contributed by atoms with Gasteiger partial charge in [0.15, 0.2) is 0 Å². The number of anilines is 2. The van der Waals surface area contributed by atoms with Gasteiger partial charge in [-0.05, 0) is 37.3 Å². The van der Waals surface area contributed by atoms with Crippen LogP contribution in [0, 0.1) is 6.92 Å². The first kappa shape index (κ1) is 14.0. The molecule has 1 heterocycles. The summed E-state index contributed by atoms with van der Waals surface area (Å²) in [5, 5.41) is 6.65. The van der Waals surface area contributed by atoms with E-state index in [1.165, 1.54) is 17.3 Å². The fraction of sp³-hybridized carbons (Fsp3) is 0.0625. The molecule has 0 aromatic heterocycles. The smallest absolute Gasteiger partial charge is 0.263 e. The standard InChI is InChI=1S/C16H13ClN2OS/c1-10-2-5-12(6-3-10)18-9-15-16(20)19-13-7-4-11(17)8-14(13)21-15/h2-9,18H,1H3,(H,19,20)/b15-9-. The Morgan fingerprint density at radius 1 is 1.19 bits per heavy atom. The summed E-state index contributed by atoms with van der Waals surface area (Å²) in [6.45, 7) is 2.04. The first-order valence-electron chi connectivity index (χ1n) is 6.44. The van der Waals surface area contributed by atoms with E-state index in [9.17, 15) is 4.79 Å². The summed E-state index contributed by atoms with van der Waals surface area (Å²) in [6, 6.07) is 13.4. The van der Waals surface area contributed by atoms with Gasteiger partial charge in [0.05, 0.1) is 10.6 Å². The average molecular weight is 317 g/mol. The monoisotopic (exact) mass is 316 g/mol. The van der Waals surface area contributed by atoms with Gasteiger partial charge >= 0.3 is 0 Å². The molecule has 1 aliphatic rings. The molecule has 0 fully saturated rings. The molecule has 2 aromatic rings. The Morgan fingerprint density at radius 3 is 2.71 bits per heavy atom. The molecule has 21 heavy (non-hydrogen) atoms. The number of rotatable bonds is 2. The van der Waals surface area contributed by atoms with Crippen molar-refractivity contribution < 1.29 is 4.79 Å². The minimum atomic E-state index is -0.116. The second-order valence-corrected chi connectivity index (χ2v) is 6.24. The minimum absolute atomic E-state index is 0.116. The first-order valence-corrected chi connectivity index (χ1v) is 7.63. The van der Waals surface area contributed by atoms with Crippen molar-refractivity contribution in [2.45, 2.75) is 11.8 Å². The number of thioether (sulfide) groups is 1. The van der Waals surface area contributed by atoms with Crippen LogP contribution in [0.15, 0.2) is 58.5 Å². The number of fused-ring (bicyclic) bond motifs is 1. The number of amides is 1. The highest BCUT2D eigenvalue weighted by Crippen LogP contribution is 2.39. The summed E-state index contributed by atoms with van der Waals surface area (Å²) in [7, 11) is 0. The Labute approximate surface area is 132 Å². The Hall–Kier alpha value is -1.91. The molecule has 0 bridgehead atoms. The number of aryl methyl sites for hydroxylation is 1. The summed E-state index contributed by atoms with van der Waals surface area (Å²) < 4.78 is 0. The highest BCUT2D eigenvalue weighted by atomic mass is 35.5. The van der Waals surface area contributed by atoms with Crippen LogP contribution in [-0.2, 0) is 4.79 Å². The zero-order valence-electron chi connectivity index (χ0n) is 11.3. The normalized spacial score (nSPS) is 15.5. The van der Waals surface area contributed by atoms with E-state index in [1.54, 1.807) is 12.3 Å². The van der Waals surface area contributed by atoms with Crippen LogP contribution in [0.2, 0.25) is 5.02 Å². The summed E-state index contributed by atoms with van der Waals surface area (Å²) in [6.07, 6.45) is 1.72. The van der Waals surface area contributed by atoms with Gasteiger partial charge in [-0.25, -0.2) is 0 Å². The van der Waals surface area contributed by atoms with Gasteiger partial charge in [0.25, 0.3) is 5.91 Å².